The Labute approximate surface area is 111 Å². The van der Waals surface area contributed by atoms with Crippen molar-refractivity contribution in [3.05, 3.63) is 59.7 Å². The van der Waals surface area contributed by atoms with E-state index in [0.29, 0.717) is 11.3 Å². The summed E-state index contributed by atoms with van der Waals surface area (Å²) in [6.45, 7) is 0.736. The number of hydrogen-bond donors (Lipinski definition) is 3. The van der Waals surface area contributed by atoms with E-state index in [0.717, 1.165) is 17.8 Å². The molecule has 2 aromatic rings. The number of aromatic carboxylic acids is 1. The minimum Gasteiger partial charge on any atom is -0.478 e. The first-order valence-corrected chi connectivity index (χ1v) is 6.17. The van der Waals surface area contributed by atoms with Gasteiger partial charge in [-0.25, -0.2) is 4.79 Å². The van der Waals surface area contributed by atoms with Crippen LogP contribution in [-0.2, 0) is 0 Å². The smallest absolute Gasteiger partial charge is 0.337 e. The maximum atomic E-state index is 11.2. The minimum absolute atomic E-state index is 0.0780. The zero-order valence-electron chi connectivity index (χ0n) is 10.3. The SMILES string of the molecule is O=C(O)c1cccc2c1N[C@H](c1ccccc1)CN2. The number of benzene rings is 2. The van der Waals surface area contributed by atoms with Gasteiger partial charge in [-0.15, -0.1) is 0 Å². The van der Waals surface area contributed by atoms with Crippen molar-refractivity contribution in [3.63, 3.8) is 0 Å². The third-order valence-electron chi connectivity index (χ3n) is 3.31. The fourth-order valence-corrected chi connectivity index (χ4v) is 2.36. The average molecular weight is 254 g/mol. The Balaban J connectivity index is 1.97. The van der Waals surface area contributed by atoms with Crippen LogP contribution in [0.3, 0.4) is 0 Å². The first-order valence-electron chi connectivity index (χ1n) is 6.17. The number of para-hydroxylation sites is 1. The van der Waals surface area contributed by atoms with Gasteiger partial charge in [0.25, 0.3) is 0 Å². The number of hydrogen-bond acceptors (Lipinski definition) is 3. The van der Waals surface area contributed by atoms with Gasteiger partial charge in [0.05, 0.1) is 23.0 Å². The molecule has 0 radical (unpaired) electrons. The van der Waals surface area contributed by atoms with Gasteiger partial charge in [-0.2, -0.15) is 0 Å². The molecule has 1 aliphatic heterocycles. The lowest BCUT2D eigenvalue weighted by Gasteiger charge is -2.29. The second-order valence-electron chi connectivity index (χ2n) is 4.52. The van der Waals surface area contributed by atoms with E-state index >= 15 is 0 Å². The summed E-state index contributed by atoms with van der Waals surface area (Å²) in [6, 6.07) is 15.3. The number of carbonyl (C=O) groups is 1. The van der Waals surface area contributed by atoms with E-state index in [2.05, 4.69) is 10.6 Å². The summed E-state index contributed by atoms with van der Waals surface area (Å²) in [5.74, 6) is -0.917. The molecule has 4 nitrogen and oxygen atoms in total. The normalized spacial score (nSPS) is 16.9. The van der Waals surface area contributed by atoms with Crippen LogP contribution >= 0.6 is 0 Å². The van der Waals surface area contributed by atoms with Gasteiger partial charge in [-0.3, -0.25) is 0 Å². The van der Waals surface area contributed by atoms with E-state index in [4.69, 9.17) is 0 Å². The van der Waals surface area contributed by atoms with E-state index in [-0.39, 0.29) is 6.04 Å². The number of carboxylic acid groups (broad SMARTS) is 1. The van der Waals surface area contributed by atoms with Crippen molar-refractivity contribution < 1.29 is 9.90 Å². The van der Waals surface area contributed by atoms with Crippen LogP contribution in [-0.4, -0.2) is 17.6 Å². The van der Waals surface area contributed by atoms with Crippen LogP contribution in [0.1, 0.15) is 22.0 Å². The standard InChI is InChI=1S/C15H14N2O2/c18-15(19)11-7-4-8-12-14(11)17-13(9-16-12)10-5-2-1-3-6-10/h1-8,13,16-17H,9H2,(H,18,19)/t13-/m0/s1. The third-order valence-corrected chi connectivity index (χ3v) is 3.31. The maximum Gasteiger partial charge on any atom is 0.337 e. The van der Waals surface area contributed by atoms with Gasteiger partial charge < -0.3 is 15.7 Å². The molecule has 0 spiro atoms. The summed E-state index contributed by atoms with van der Waals surface area (Å²) in [6.07, 6.45) is 0. The number of rotatable bonds is 2. The van der Waals surface area contributed by atoms with Crippen LogP contribution in [0.4, 0.5) is 11.4 Å². The molecule has 0 unspecified atom stereocenters. The second kappa shape index (κ2) is 4.65. The molecule has 1 aliphatic rings. The average Bonchev–Trinajstić information content (AvgIpc) is 2.47. The van der Waals surface area contributed by atoms with Crippen LogP contribution in [0.5, 0.6) is 0 Å². The van der Waals surface area contributed by atoms with Gasteiger partial charge in [0.15, 0.2) is 0 Å². The number of nitrogens with one attached hydrogen (secondary N) is 2. The van der Waals surface area contributed by atoms with Crippen molar-refractivity contribution >= 4 is 17.3 Å². The van der Waals surface area contributed by atoms with Crippen molar-refractivity contribution in [2.75, 3.05) is 17.2 Å². The van der Waals surface area contributed by atoms with E-state index in [9.17, 15) is 9.90 Å². The molecule has 3 N–H and O–H groups in total. The molecule has 0 fully saturated rings. The monoisotopic (exact) mass is 254 g/mol. The lowest BCUT2D eigenvalue weighted by Crippen LogP contribution is -2.27. The van der Waals surface area contributed by atoms with Gasteiger partial charge in [-0.1, -0.05) is 36.4 Å². The van der Waals surface area contributed by atoms with Crippen molar-refractivity contribution in [1.82, 2.24) is 0 Å². The predicted molar refractivity (Wildman–Crippen MR) is 74.7 cm³/mol. The second-order valence-corrected chi connectivity index (χ2v) is 4.52. The Morgan fingerprint density at radius 3 is 2.63 bits per heavy atom. The first-order chi connectivity index (χ1) is 9.25. The summed E-state index contributed by atoms with van der Waals surface area (Å²) in [5.41, 5.74) is 2.94. The Morgan fingerprint density at radius 1 is 1.11 bits per heavy atom. The fourth-order valence-electron chi connectivity index (χ4n) is 2.36. The van der Waals surface area contributed by atoms with Gasteiger partial charge in [0, 0.05) is 6.54 Å². The molecule has 0 aliphatic carbocycles. The predicted octanol–water partition coefficient (Wildman–Crippen LogP) is 2.96. The van der Waals surface area contributed by atoms with Gasteiger partial charge in [0.1, 0.15) is 0 Å². The molecule has 0 saturated carbocycles. The molecule has 96 valence electrons. The van der Waals surface area contributed by atoms with Crippen molar-refractivity contribution in [2.45, 2.75) is 6.04 Å². The van der Waals surface area contributed by atoms with E-state index in [1.807, 2.05) is 36.4 Å². The first kappa shape index (κ1) is 11.6. The van der Waals surface area contributed by atoms with Crippen LogP contribution in [0.15, 0.2) is 48.5 Å². The highest BCUT2D eigenvalue weighted by Crippen LogP contribution is 2.34. The highest BCUT2D eigenvalue weighted by atomic mass is 16.4. The molecule has 2 aromatic carbocycles. The van der Waals surface area contributed by atoms with Crippen LogP contribution in [0, 0.1) is 0 Å². The number of carboxylic acids is 1. The van der Waals surface area contributed by atoms with Gasteiger partial charge >= 0.3 is 5.97 Å². The molecule has 0 bridgehead atoms. The summed E-state index contributed by atoms with van der Waals surface area (Å²) >= 11 is 0. The van der Waals surface area contributed by atoms with Gasteiger partial charge in [-0.05, 0) is 17.7 Å². The Kier molecular flexibility index (Phi) is 2.83. The lowest BCUT2D eigenvalue weighted by molar-refractivity contribution is 0.0698. The molecule has 1 heterocycles. The molecule has 0 aromatic heterocycles. The van der Waals surface area contributed by atoms with Crippen molar-refractivity contribution in [3.8, 4) is 0 Å². The Morgan fingerprint density at radius 2 is 1.89 bits per heavy atom. The molecule has 19 heavy (non-hydrogen) atoms. The fraction of sp³-hybridized carbons (Fsp3) is 0.133. The van der Waals surface area contributed by atoms with E-state index in [1.165, 1.54) is 0 Å². The topological polar surface area (TPSA) is 61.4 Å². The molecule has 4 heteroatoms. The van der Waals surface area contributed by atoms with Crippen LogP contribution in [0.25, 0.3) is 0 Å². The molecule has 0 saturated heterocycles. The molecule has 3 rings (SSSR count). The maximum absolute atomic E-state index is 11.2. The number of fused-ring (bicyclic) bond motifs is 1. The molecular formula is C15H14N2O2. The highest BCUT2D eigenvalue weighted by molar-refractivity contribution is 5.98. The van der Waals surface area contributed by atoms with Crippen molar-refractivity contribution in [2.24, 2.45) is 0 Å². The molecule has 1 atom stereocenters. The van der Waals surface area contributed by atoms with Crippen molar-refractivity contribution in [1.29, 1.82) is 0 Å². The molecular weight excluding hydrogens is 240 g/mol. The number of anilines is 2. The summed E-state index contributed by atoms with van der Waals surface area (Å²) in [5, 5.41) is 15.8. The van der Waals surface area contributed by atoms with Gasteiger partial charge in [0.2, 0.25) is 0 Å². The Hall–Kier alpha value is -2.49. The Bertz CT molecular complexity index is 611. The lowest BCUT2D eigenvalue weighted by atomic mass is 10.0. The third kappa shape index (κ3) is 2.12. The van der Waals surface area contributed by atoms with E-state index < -0.39 is 5.97 Å². The minimum atomic E-state index is -0.917. The largest absolute Gasteiger partial charge is 0.478 e. The zero-order chi connectivity index (χ0) is 13.2. The highest BCUT2D eigenvalue weighted by Gasteiger charge is 2.22. The summed E-state index contributed by atoms with van der Waals surface area (Å²) in [7, 11) is 0. The van der Waals surface area contributed by atoms with Crippen LogP contribution < -0.4 is 10.6 Å². The quantitative estimate of drug-likeness (QED) is 0.771. The van der Waals surface area contributed by atoms with E-state index in [1.54, 1.807) is 12.1 Å². The molecule has 0 amide bonds. The summed E-state index contributed by atoms with van der Waals surface area (Å²) < 4.78 is 0. The zero-order valence-corrected chi connectivity index (χ0v) is 10.3. The van der Waals surface area contributed by atoms with Crippen LogP contribution in [0.2, 0.25) is 0 Å². The summed E-state index contributed by atoms with van der Waals surface area (Å²) in [4.78, 5) is 11.2.